The Labute approximate surface area is 70.8 Å². The van der Waals surface area contributed by atoms with Gasteiger partial charge in [-0.1, -0.05) is 0 Å². The van der Waals surface area contributed by atoms with Crippen LogP contribution in [0.1, 0.15) is 6.92 Å². The number of nitrogens with two attached hydrogens (primary N) is 1. The lowest BCUT2D eigenvalue weighted by molar-refractivity contribution is -0.115. The maximum Gasteiger partial charge on any atom is 0.148 e. The lowest BCUT2D eigenvalue weighted by Gasteiger charge is -2.01. The van der Waals surface area contributed by atoms with Crippen molar-refractivity contribution in [2.75, 3.05) is 17.6 Å². The summed E-state index contributed by atoms with van der Waals surface area (Å²) in [5.74, 6) is 0.744. The minimum atomic E-state index is 0.0774. The molecular formula is C8H11N3O. The zero-order valence-electron chi connectivity index (χ0n) is 6.87. The molecule has 1 aromatic heterocycles. The molecule has 0 unspecified atom stereocenters. The van der Waals surface area contributed by atoms with E-state index < -0.39 is 0 Å². The molecule has 1 rings (SSSR count). The van der Waals surface area contributed by atoms with E-state index in [2.05, 4.69) is 10.3 Å². The van der Waals surface area contributed by atoms with Gasteiger partial charge in [0.25, 0.3) is 0 Å². The number of rotatable bonds is 3. The quantitative estimate of drug-likeness (QED) is 0.690. The number of pyridine rings is 1. The molecule has 3 N–H and O–H groups in total. The fourth-order valence-electron chi connectivity index (χ4n) is 0.725. The van der Waals surface area contributed by atoms with Crippen molar-refractivity contribution in [1.82, 2.24) is 4.98 Å². The number of anilines is 2. The van der Waals surface area contributed by atoms with E-state index in [-0.39, 0.29) is 5.78 Å². The fourth-order valence-corrected chi connectivity index (χ4v) is 0.725. The maximum absolute atomic E-state index is 10.6. The maximum atomic E-state index is 10.6. The van der Waals surface area contributed by atoms with Crippen molar-refractivity contribution < 1.29 is 4.79 Å². The monoisotopic (exact) mass is 165 g/mol. The first-order valence-corrected chi connectivity index (χ1v) is 3.63. The summed E-state index contributed by atoms with van der Waals surface area (Å²) in [4.78, 5) is 14.5. The topological polar surface area (TPSA) is 68.0 Å². The van der Waals surface area contributed by atoms with Crippen LogP contribution in [0.2, 0.25) is 0 Å². The molecule has 4 heteroatoms. The van der Waals surface area contributed by atoms with Crippen molar-refractivity contribution >= 4 is 17.3 Å². The summed E-state index contributed by atoms with van der Waals surface area (Å²) in [7, 11) is 0. The molecule has 0 aliphatic heterocycles. The van der Waals surface area contributed by atoms with Crippen molar-refractivity contribution in [2.24, 2.45) is 0 Å². The third kappa shape index (κ3) is 2.57. The number of aromatic nitrogens is 1. The molecule has 4 nitrogen and oxygen atoms in total. The molecule has 0 saturated heterocycles. The number of hydrogen-bond donors (Lipinski definition) is 2. The van der Waals surface area contributed by atoms with Crippen LogP contribution in [0.4, 0.5) is 11.5 Å². The van der Waals surface area contributed by atoms with Crippen LogP contribution >= 0.6 is 0 Å². The number of carbonyl (C=O) groups excluding carboxylic acids is 1. The van der Waals surface area contributed by atoms with Gasteiger partial charge in [-0.25, -0.2) is 4.98 Å². The van der Waals surface area contributed by atoms with Crippen LogP contribution in [0, 0.1) is 0 Å². The lowest BCUT2D eigenvalue weighted by atomic mass is 10.4. The van der Waals surface area contributed by atoms with Gasteiger partial charge in [0.1, 0.15) is 11.6 Å². The summed E-state index contributed by atoms with van der Waals surface area (Å²) in [6.07, 6.45) is 1.54. The number of hydrogen-bond acceptors (Lipinski definition) is 4. The summed E-state index contributed by atoms with van der Waals surface area (Å²) in [6, 6.07) is 3.47. The second-order valence-corrected chi connectivity index (χ2v) is 2.53. The first-order valence-electron chi connectivity index (χ1n) is 3.63. The van der Waals surface area contributed by atoms with Gasteiger partial charge in [0.15, 0.2) is 0 Å². The Balaban J connectivity index is 2.53. The Hall–Kier alpha value is -1.58. The van der Waals surface area contributed by atoms with Crippen molar-refractivity contribution in [3.8, 4) is 0 Å². The van der Waals surface area contributed by atoms with Gasteiger partial charge in [-0.3, -0.25) is 4.79 Å². The molecule has 1 heterocycles. The molecule has 0 aliphatic carbocycles. The Bertz CT molecular complexity index is 268. The van der Waals surface area contributed by atoms with Crippen LogP contribution in [-0.2, 0) is 4.79 Å². The van der Waals surface area contributed by atoms with Gasteiger partial charge < -0.3 is 11.1 Å². The largest absolute Gasteiger partial charge is 0.397 e. The molecule has 0 aliphatic rings. The Kier molecular flexibility index (Phi) is 2.63. The highest BCUT2D eigenvalue weighted by Gasteiger charge is 1.94. The van der Waals surface area contributed by atoms with Crippen LogP contribution in [0.25, 0.3) is 0 Å². The van der Waals surface area contributed by atoms with Crippen molar-refractivity contribution in [3.63, 3.8) is 0 Å². The predicted octanol–water partition coefficient (Wildman–Crippen LogP) is 0.665. The second-order valence-electron chi connectivity index (χ2n) is 2.53. The molecule has 0 spiro atoms. The smallest absolute Gasteiger partial charge is 0.148 e. The van der Waals surface area contributed by atoms with Gasteiger partial charge in [0.05, 0.1) is 18.4 Å². The van der Waals surface area contributed by atoms with Crippen LogP contribution in [-0.4, -0.2) is 17.3 Å². The van der Waals surface area contributed by atoms with E-state index in [0.29, 0.717) is 18.1 Å². The summed E-state index contributed by atoms with van der Waals surface area (Å²) in [6.45, 7) is 1.82. The van der Waals surface area contributed by atoms with Crippen LogP contribution in [0.15, 0.2) is 18.3 Å². The van der Waals surface area contributed by atoms with Gasteiger partial charge >= 0.3 is 0 Å². The average molecular weight is 165 g/mol. The summed E-state index contributed by atoms with van der Waals surface area (Å²) < 4.78 is 0. The van der Waals surface area contributed by atoms with Crippen LogP contribution < -0.4 is 11.1 Å². The van der Waals surface area contributed by atoms with E-state index in [1.165, 1.54) is 6.92 Å². The van der Waals surface area contributed by atoms with E-state index in [1.807, 2.05) is 0 Å². The Morgan fingerprint density at radius 3 is 2.92 bits per heavy atom. The SMILES string of the molecule is CC(=O)CNc1ccc(N)cn1. The van der Waals surface area contributed by atoms with Gasteiger partial charge in [-0.2, -0.15) is 0 Å². The molecule has 0 bridgehead atoms. The third-order valence-corrected chi connectivity index (χ3v) is 1.30. The standard InChI is InChI=1S/C8H11N3O/c1-6(12)4-10-8-3-2-7(9)5-11-8/h2-3,5H,4,9H2,1H3,(H,10,11). The molecule has 0 amide bonds. The van der Waals surface area contributed by atoms with Crippen molar-refractivity contribution in [3.05, 3.63) is 18.3 Å². The number of nitrogens with one attached hydrogen (secondary N) is 1. The lowest BCUT2D eigenvalue weighted by Crippen LogP contribution is -2.10. The molecule has 0 fully saturated rings. The van der Waals surface area contributed by atoms with Gasteiger partial charge in [0.2, 0.25) is 0 Å². The highest BCUT2D eigenvalue weighted by atomic mass is 16.1. The number of carbonyl (C=O) groups is 1. The van der Waals surface area contributed by atoms with Crippen LogP contribution in [0.5, 0.6) is 0 Å². The van der Waals surface area contributed by atoms with Gasteiger partial charge in [0, 0.05) is 0 Å². The summed E-state index contributed by atoms with van der Waals surface area (Å²) in [5.41, 5.74) is 6.04. The van der Waals surface area contributed by atoms with Crippen LogP contribution in [0.3, 0.4) is 0 Å². The van der Waals surface area contributed by atoms with Gasteiger partial charge in [-0.05, 0) is 19.1 Å². The fraction of sp³-hybridized carbons (Fsp3) is 0.250. The molecule has 1 aromatic rings. The minimum Gasteiger partial charge on any atom is -0.397 e. The first-order chi connectivity index (χ1) is 5.68. The first kappa shape index (κ1) is 8.52. The van der Waals surface area contributed by atoms with E-state index in [1.54, 1.807) is 18.3 Å². The van der Waals surface area contributed by atoms with Gasteiger partial charge in [-0.15, -0.1) is 0 Å². The highest BCUT2D eigenvalue weighted by molar-refractivity contribution is 5.80. The molecule has 12 heavy (non-hydrogen) atoms. The molecule has 0 aromatic carbocycles. The molecular weight excluding hydrogens is 154 g/mol. The zero-order chi connectivity index (χ0) is 8.97. The number of ketones is 1. The number of Topliss-reactive ketones (excluding diaryl/α,β-unsaturated/α-hetero) is 1. The van der Waals surface area contributed by atoms with Crippen molar-refractivity contribution in [2.45, 2.75) is 6.92 Å². The number of nitrogen functional groups attached to an aromatic ring is 1. The average Bonchev–Trinajstić information content (AvgIpc) is 2.03. The summed E-state index contributed by atoms with van der Waals surface area (Å²) >= 11 is 0. The number of nitrogens with zero attached hydrogens (tertiary/aromatic N) is 1. The minimum absolute atomic E-state index is 0.0774. The predicted molar refractivity (Wildman–Crippen MR) is 47.8 cm³/mol. The van der Waals surface area contributed by atoms with E-state index in [0.717, 1.165) is 0 Å². The van der Waals surface area contributed by atoms with E-state index in [9.17, 15) is 4.79 Å². The Morgan fingerprint density at radius 1 is 1.67 bits per heavy atom. The highest BCUT2D eigenvalue weighted by Crippen LogP contribution is 2.04. The zero-order valence-corrected chi connectivity index (χ0v) is 6.87. The Morgan fingerprint density at radius 2 is 2.42 bits per heavy atom. The molecule has 0 atom stereocenters. The van der Waals surface area contributed by atoms with E-state index >= 15 is 0 Å². The molecule has 0 radical (unpaired) electrons. The second kappa shape index (κ2) is 3.71. The normalized spacial score (nSPS) is 9.42. The van der Waals surface area contributed by atoms with E-state index in [4.69, 9.17) is 5.73 Å². The van der Waals surface area contributed by atoms with Crippen molar-refractivity contribution in [1.29, 1.82) is 0 Å². The molecule has 0 saturated carbocycles. The summed E-state index contributed by atoms with van der Waals surface area (Å²) in [5, 5.41) is 2.86. The molecule has 64 valence electrons. The third-order valence-electron chi connectivity index (χ3n) is 1.30.